The van der Waals surface area contributed by atoms with Crippen LogP contribution < -0.4 is 0 Å². The number of hydrogen-bond acceptors (Lipinski definition) is 4. The van der Waals surface area contributed by atoms with Crippen molar-refractivity contribution in [1.29, 1.82) is 5.26 Å². The third-order valence-electron chi connectivity index (χ3n) is 1.08. The van der Waals surface area contributed by atoms with Crippen molar-refractivity contribution in [2.24, 2.45) is 0 Å². The largest absolute Gasteiger partial charge is 0.296 e. The molecule has 1 aromatic heterocycles. The minimum Gasteiger partial charge on any atom is -0.296 e. The van der Waals surface area contributed by atoms with Crippen LogP contribution in [-0.4, -0.2) is 39.1 Å². The third-order valence-corrected chi connectivity index (χ3v) is 1.50. The Morgan fingerprint density at radius 1 is 1.50 bits per heavy atom. The van der Waals surface area contributed by atoms with E-state index in [9.17, 15) is 0 Å². The van der Waals surface area contributed by atoms with E-state index >= 15 is 0 Å². The Labute approximate surface area is 104 Å². The molecule has 0 spiro atoms. The minimum atomic E-state index is 0. The molecule has 0 saturated heterocycles. The van der Waals surface area contributed by atoms with Crippen molar-refractivity contribution in [3.05, 3.63) is 23.0 Å². The first-order valence-electron chi connectivity index (χ1n) is 2.76. The SMILES string of the molecule is N#CC(=C(S)S)n1ccnc1.[Na]. The quantitative estimate of drug-likeness (QED) is 0.409. The summed E-state index contributed by atoms with van der Waals surface area (Å²) in [6.07, 6.45) is 4.76. The zero-order valence-electron chi connectivity index (χ0n) is 6.47. The fourth-order valence-electron chi connectivity index (χ4n) is 0.615. The summed E-state index contributed by atoms with van der Waals surface area (Å²) in [4.78, 5) is 3.78. The molecular weight excluding hydrogens is 201 g/mol. The molecule has 0 saturated carbocycles. The number of allylic oxidation sites excluding steroid dienone is 1. The van der Waals surface area contributed by atoms with Crippen molar-refractivity contribution in [2.45, 2.75) is 0 Å². The number of nitrogens with zero attached hydrogens (tertiary/aromatic N) is 3. The molecule has 1 rings (SSSR count). The van der Waals surface area contributed by atoms with Crippen LogP contribution in [0.4, 0.5) is 0 Å². The van der Waals surface area contributed by atoms with Crippen molar-refractivity contribution in [2.75, 3.05) is 0 Å². The molecule has 1 radical (unpaired) electrons. The summed E-state index contributed by atoms with van der Waals surface area (Å²) < 4.78 is 1.93. The van der Waals surface area contributed by atoms with Crippen LogP contribution in [0.2, 0.25) is 0 Å². The van der Waals surface area contributed by atoms with E-state index in [1.807, 2.05) is 6.07 Å². The van der Waals surface area contributed by atoms with Gasteiger partial charge in [0.25, 0.3) is 0 Å². The van der Waals surface area contributed by atoms with Crippen molar-refractivity contribution in [3.8, 4) is 6.07 Å². The summed E-state index contributed by atoms with van der Waals surface area (Å²) in [5.41, 5.74) is 0.370. The van der Waals surface area contributed by atoms with Crippen molar-refractivity contribution in [3.63, 3.8) is 0 Å². The maximum atomic E-state index is 8.61. The van der Waals surface area contributed by atoms with Gasteiger partial charge in [0.15, 0.2) is 0 Å². The fourth-order valence-corrected chi connectivity index (χ4v) is 0.946. The predicted molar refractivity (Wildman–Crippen MR) is 54.8 cm³/mol. The maximum absolute atomic E-state index is 8.61. The number of aromatic nitrogens is 2. The molecular formula is C6H5N3NaS2. The summed E-state index contributed by atoms with van der Waals surface area (Å²) in [5, 5.41) is 8.61. The Balaban J connectivity index is 0.00000121. The first-order chi connectivity index (χ1) is 5.25. The summed E-state index contributed by atoms with van der Waals surface area (Å²) >= 11 is 7.86. The van der Waals surface area contributed by atoms with E-state index in [2.05, 4.69) is 30.2 Å². The number of hydrogen-bond donors (Lipinski definition) is 2. The molecule has 0 unspecified atom stereocenters. The van der Waals surface area contributed by atoms with E-state index in [1.165, 1.54) is 6.33 Å². The average molecular weight is 206 g/mol. The summed E-state index contributed by atoms with van der Waals surface area (Å²) in [6, 6.07) is 1.95. The van der Waals surface area contributed by atoms with Crippen LogP contribution in [0, 0.1) is 11.3 Å². The van der Waals surface area contributed by atoms with E-state index in [-0.39, 0.29) is 29.6 Å². The van der Waals surface area contributed by atoms with E-state index in [1.54, 1.807) is 17.0 Å². The monoisotopic (exact) mass is 206 g/mol. The van der Waals surface area contributed by atoms with Gasteiger partial charge in [-0.05, 0) is 0 Å². The third kappa shape index (κ3) is 2.88. The Kier molecular flexibility index (Phi) is 5.80. The second-order valence-electron chi connectivity index (χ2n) is 1.75. The molecule has 3 nitrogen and oxygen atoms in total. The van der Waals surface area contributed by atoms with E-state index in [0.717, 1.165) is 0 Å². The first-order valence-corrected chi connectivity index (χ1v) is 3.65. The molecule has 0 aromatic carbocycles. The van der Waals surface area contributed by atoms with Crippen LogP contribution in [0.25, 0.3) is 5.70 Å². The molecule has 0 aliphatic rings. The molecule has 0 amide bonds. The molecule has 0 fully saturated rings. The maximum Gasteiger partial charge on any atom is 0.145 e. The van der Waals surface area contributed by atoms with Crippen molar-refractivity contribution >= 4 is 60.5 Å². The standard InChI is InChI=1S/C6H5N3S2.Na/c7-3-5(6(10)11)9-2-1-8-4-9;/h1-2,4,10-11H;. The van der Waals surface area contributed by atoms with Gasteiger partial charge in [0.1, 0.15) is 11.8 Å². The van der Waals surface area contributed by atoms with Gasteiger partial charge in [-0.2, -0.15) is 5.26 Å². The normalized spacial score (nSPS) is 8.08. The number of rotatable bonds is 1. The second kappa shape index (κ2) is 5.73. The smallest absolute Gasteiger partial charge is 0.145 e. The Hall–Kier alpha value is 0.140. The molecule has 6 heteroatoms. The van der Waals surface area contributed by atoms with Gasteiger partial charge in [0, 0.05) is 42.0 Å². The molecule has 12 heavy (non-hydrogen) atoms. The van der Waals surface area contributed by atoms with Crippen molar-refractivity contribution < 1.29 is 0 Å². The topological polar surface area (TPSA) is 41.6 Å². The molecule has 0 aliphatic heterocycles. The van der Waals surface area contributed by atoms with Gasteiger partial charge in [0.05, 0.1) is 10.6 Å². The molecule has 1 aromatic rings. The molecule has 0 atom stereocenters. The molecule has 57 valence electrons. The van der Waals surface area contributed by atoms with Gasteiger partial charge < -0.3 is 0 Å². The molecule has 0 aliphatic carbocycles. The summed E-state index contributed by atoms with van der Waals surface area (Å²) in [6.45, 7) is 0. The van der Waals surface area contributed by atoms with Crippen LogP contribution in [0.5, 0.6) is 0 Å². The first kappa shape index (κ1) is 12.1. The second-order valence-corrected chi connectivity index (χ2v) is 3.00. The number of imidazole rings is 1. The van der Waals surface area contributed by atoms with Gasteiger partial charge >= 0.3 is 0 Å². The van der Waals surface area contributed by atoms with Gasteiger partial charge in [0.2, 0.25) is 0 Å². The molecule has 0 bridgehead atoms. The van der Waals surface area contributed by atoms with E-state index < -0.39 is 0 Å². The summed E-state index contributed by atoms with van der Waals surface area (Å²) in [7, 11) is 0. The molecule has 1 heterocycles. The average Bonchev–Trinajstić information content (AvgIpc) is 2.40. The van der Waals surface area contributed by atoms with E-state index in [0.29, 0.717) is 9.93 Å². The number of thiol groups is 2. The minimum absolute atomic E-state index is 0. The van der Waals surface area contributed by atoms with Crippen molar-refractivity contribution in [1.82, 2.24) is 9.55 Å². The van der Waals surface area contributed by atoms with Gasteiger partial charge in [-0.15, -0.1) is 25.3 Å². The van der Waals surface area contributed by atoms with Crippen LogP contribution in [0.1, 0.15) is 0 Å². The summed E-state index contributed by atoms with van der Waals surface area (Å²) in [5.74, 6) is 0. The van der Waals surface area contributed by atoms with Crippen LogP contribution >= 0.6 is 25.3 Å². The van der Waals surface area contributed by atoms with Gasteiger partial charge in [-0.3, -0.25) is 4.57 Å². The van der Waals surface area contributed by atoms with Gasteiger partial charge in [-0.25, -0.2) is 4.98 Å². The Morgan fingerprint density at radius 3 is 2.50 bits per heavy atom. The predicted octanol–water partition coefficient (Wildman–Crippen LogP) is 1.01. The van der Waals surface area contributed by atoms with E-state index in [4.69, 9.17) is 5.26 Å². The number of nitriles is 1. The zero-order valence-corrected chi connectivity index (χ0v) is 10.3. The Morgan fingerprint density at radius 2 is 2.17 bits per heavy atom. The zero-order chi connectivity index (χ0) is 8.27. The van der Waals surface area contributed by atoms with Gasteiger partial charge in [-0.1, -0.05) is 0 Å². The van der Waals surface area contributed by atoms with Crippen LogP contribution in [0.15, 0.2) is 23.0 Å². The van der Waals surface area contributed by atoms with Crippen LogP contribution in [-0.2, 0) is 0 Å². The Bertz CT molecular complexity index is 308. The van der Waals surface area contributed by atoms with Crippen LogP contribution in [0.3, 0.4) is 0 Å². The fraction of sp³-hybridized carbons (Fsp3) is 0. The molecule has 0 N–H and O–H groups in total.